The van der Waals surface area contributed by atoms with Crippen LogP contribution in [0.4, 0.5) is 0 Å². The van der Waals surface area contributed by atoms with Gasteiger partial charge < -0.3 is 9.72 Å². The second-order valence-corrected chi connectivity index (χ2v) is 3.77. The van der Waals surface area contributed by atoms with Crippen molar-refractivity contribution in [3.8, 4) is 0 Å². The topological polar surface area (TPSA) is 50.3 Å². The minimum absolute atomic E-state index is 0.458. The van der Waals surface area contributed by atoms with Crippen molar-refractivity contribution in [1.29, 1.82) is 0 Å². The number of aliphatic imine (C=N–C) groups is 1. The van der Waals surface area contributed by atoms with E-state index in [9.17, 15) is 0 Å². The molecule has 1 aromatic carbocycles. The summed E-state index contributed by atoms with van der Waals surface area (Å²) >= 11 is 0. The van der Waals surface area contributed by atoms with Gasteiger partial charge in [0.1, 0.15) is 12.3 Å². The number of rotatable bonds is 4. The summed E-state index contributed by atoms with van der Waals surface area (Å²) < 4.78 is 5.69. The van der Waals surface area contributed by atoms with Crippen LogP contribution in [-0.4, -0.2) is 15.9 Å². The van der Waals surface area contributed by atoms with Crippen molar-refractivity contribution in [3.63, 3.8) is 0 Å². The molecule has 92 valence electrons. The summed E-state index contributed by atoms with van der Waals surface area (Å²) in [6.07, 6.45) is 3.07. The van der Waals surface area contributed by atoms with E-state index in [1.54, 1.807) is 6.33 Å². The van der Waals surface area contributed by atoms with Crippen molar-refractivity contribution in [3.05, 3.63) is 66.4 Å². The zero-order chi connectivity index (χ0) is 12.8. The Morgan fingerprint density at radius 3 is 2.83 bits per heavy atom. The van der Waals surface area contributed by atoms with Crippen LogP contribution in [0.25, 0.3) is 0 Å². The molecule has 0 bridgehead atoms. The molecule has 0 fully saturated rings. The number of aryl methyl sites for hydroxylation is 1. The van der Waals surface area contributed by atoms with Crippen LogP contribution in [0, 0.1) is 6.92 Å². The molecular weight excluding hydrogens is 226 g/mol. The van der Waals surface area contributed by atoms with E-state index in [1.165, 1.54) is 6.20 Å². The first-order valence-electron chi connectivity index (χ1n) is 5.67. The molecule has 4 heteroatoms. The maximum atomic E-state index is 5.69. The van der Waals surface area contributed by atoms with Gasteiger partial charge in [-0.05, 0) is 12.5 Å². The van der Waals surface area contributed by atoms with E-state index in [0.29, 0.717) is 18.2 Å². The third-order valence-electron chi connectivity index (χ3n) is 2.46. The number of hydrogen-bond acceptors (Lipinski definition) is 3. The Kier molecular flexibility index (Phi) is 3.91. The summed E-state index contributed by atoms with van der Waals surface area (Å²) in [5.41, 5.74) is 2.72. The van der Waals surface area contributed by atoms with Gasteiger partial charge in [-0.2, -0.15) is 0 Å². The van der Waals surface area contributed by atoms with Crippen molar-refractivity contribution in [2.24, 2.45) is 4.99 Å². The first-order chi connectivity index (χ1) is 8.81. The summed E-state index contributed by atoms with van der Waals surface area (Å²) in [5, 5.41) is 0. The normalized spacial score (nSPS) is 11.3. The van der Waals surface area contributed by atoms with Crippen LogP contribution < -0.4 is 0 Å². The van der Waals surface area contributed by atoms with Gasteiger partial charge in [0.05, 0.1) is 6.33 Å². The third-order valence-corrected chi connectivity index (χ3v) is 2.46. The number of nitrogens with zero attached hydrogens (tertiary/aromatic N) is 2. The summed E-state index contributed by atoms with van der Waals surface area (Å²) in [6, 6.07) is 9.93. The Hall–Kier alpha value is -2.36. The van der Waals surface area contributed by atoms with E-state index < -0.39 is 0 Å². The van der Waals surface area contributed by atoms with Gasteiger partial charge >= 0.3 is 0 Å². The van der Waals surface area contributed by atoms with Gasteiger partial charge in [-0.1, -0.05) is 36.9 Å². The fraction of sp³-hybridized carbons (Fsp3) is 0.143. The summed E-state index contributed by atoms with van der Waals surface area (Å²) in [4.78, 5) is 11.3. The minimum Gasteiger partial charge on any atom is -0.471 e. The van der Waals surface area contributed by atoms with Crippen molar-refractivity contribution in [2.75, 3.05) is 0 Å². The second kappa shape index (κ2) is 5.82. The summed E-state index contributed by atoms with van der Waals surface area (Å²) in [6.45, 7) is 5.97. The predicted octanol–water partition coefficient (Wildman–Crippen LogP) is 2.83. The fourth-order valence-electron chi connectivity index (χ4n) is 1.55. The molecule has 1 aromatic heterocycles. The second-order valence-electron chi connectivity index (χ2n) is 3.77. The van der Waals surface area contributed by atoms with Crippen LogP contribution in [-0.2, 0) is 11.3 Å². The van der Waals surface area contributed by atoms with Crippen LogP contribution in [0.5, 0.6) is 0 Å². The molecule has 2 rings (SSSR count). The number of aromatic amines is 1. The van der Waals surface area contributed by atoms with Crippen molar-refractivity contribution in [2.45, 2.75) is 13.5 Å². The van der Waals surface area contributed by atoms with Gasteiger partial charge in [0, 0.05) is 11.9 Å². The van der Waals surface area contributed by atoms with Crippen LogP contribution >= 0.6 is 0 Å². The molecule has 0 amide bonds. The Labute approximate surface area is 106 Å². The van der Waals surface area contributed by atoms with Gasteiger partial charge in [-0.25, -0.2) is 9.98 Å². The molecule has 0 aliphatic heterocycles. The Morgan fingerprint density at radius 1 is 1.44 bits per heavy atom. The lowest BCUT2D eigenvalue weighted by Crippen LogP contribution is -2.08. The van der Waals surface area contributed by atoms with E-state index in [0.717, 1.165) is 11.3 Å². The number of hydrogen-bond donors (Lipinski definition) is 1. The predicted molar refractivity (Wildman–Crippen MR) is 71.3 cm³/mol. The quantitative estimate of drug-likeness (QED) is 0.661. The first kappa shape index (κ1) is 12.1. The highest BCUT2D eigenvalue weighted by Gasteiger charge is 2.10. The molecule has 0 atom stereocenters. The van der Waals surface area contributed by atoms with Crippen LogP contribution in [0.2, 0.25) is 0 Å². The largest absolute Gasteiger partial charge is 0.471 e. The maximum Gasteiger partial charge on any atom is 0.242 e. The standard InChI is InChI=1S/C14H15N3O/c1-3-15-14(13-11(2)16-10-17-13)18-9-12-7-5-4-6-8-12/h3-8,10H,1,9H2,2H3,(H,16,17)/b15-14+. The van der Waals surface area contributed by atoms with Gasteiger partial charge in [0.2, 0.25) is 5.90 Å². The first-order valence-corrected chi connectivity index (χ1v) is 5.67. The summed E-state index contributed by atoms with van der Waals surface area (Å²) in [7, 11) is 0. The highest BCUT2D eigenvalue weighted by molar-refractivity contribution is 5.93. The van der Waals surface area contributed by atoms with E-state index in [-0.39, 0.29) is 0 Å². The van der Waals surface area contributed by atoms with E-state index in [4.69, 9.17) is 4.74 Å². The van der Waals surface area contributed by atoms with E-state index in [1.807, 2.05) is 37.3 Å². The molecule has 18 heavy (non-hydrogen) atoms. The smallest absolute Gasteiger partial charge is 0.242 e. The lowest BCUT2D eigenvalue weighted by Gasteiger charge is -2.07. The molecule has 0 saturated carbocycles. The molecular formula is C14H15N3O. The van der Waals surface area contributed by atoms with Gasteiger partial charge in [0.25, 0.3) is 0 Å². The molecule has 1 N–H and O–H groups in total. The Balaban J connectivity index is 2.12. The van der Waals surface area contributed by atoms with Crippen molar-refractivity contribution in [1.82, 2.24) is 9.97 Å². The molecule has 0 spiro atoms. The third kappa shape index (κ3) is 2.85. The fourth-order valence-corrected chi connectivity index (χ4v) is 1.55. The van der Waals surface area contributed by atoms with Gasteiger partial charge in [-0.15, -0.1) is 0 Å². The molecule has 0 saturated heterocycles. The van der Waals surface area contributed by atoms with Crippen molar-refractivity contribution < 1.29 is 4.74 Å². The average molecular weight is 241 g/mol. The number of H-pyrrole nitrogens is 1. The Bertz CT molecular complexity index is 543. The number of benzene rings is 1. The minimum atomic E-state index is 0.458. The Morgan fingerprint density at radius 2 is 2.22 bits per heavy atom. The van der Waals surface area contributed by atoms with E-state index >= 15 is 0 Å². The molecule has 2 aromatic rings. The van der Waals surface area contributed by atoms with Crippen LogP contribution in [0.3, 0.4) is 0 Å². The van der Waals surface area contributed by atoms with Crippen LogP contribution in [0.1, 0.15) is 17.0 Å². The lowest BCUT2D eigenvalue weighted by molar-refractivity contribution is 0.292. The number of ether oxygens (including phenoxy) is 1. The molecule has 0 radical (unpaired) electrons. The molecule has 0 unspecified atom stereocenters. The average Bonchev–Trinajstić information content (AvgIpc) is 2.82. The molecule has 1 heterocycles. The van der Waals surface area contributed by atoms with Gasteiger partial charge in [-0.3, -0.25) is 0 Å². The highest BCUT2D eigenvalue weighted by atomic mass is 16.5. The summed E-state index contributed by atoms with van der Waals surface area (Å²) in [5.74, 6) is 0.479. The monoisotopic (exact) mass is 241 g/mol. The number of nitrogens with one attached hydrogen (secondary N) is 1. The van der Waals surface area contributed by atoms with Crippen molar-refractivity contribution >= 4 is 5.90 Å². The molecule has 0 aliphatic carbocycles. The molecule has 0 aliphatic rings. The zero-order valence-electron chi connectivity index (χ0n) is 10.3. The van der Waals surface area contributed by atoms with Gasteiger partial charge in [0.15, 0.2) is 0 Å². The van der Waals surface area contributed by atoms with Crippen LogP contribution in [0.15, 0.2) is 54.4 Å². The highest BCUT2D eigenvalue weighted by Crippen LogP contribution is 2.08. The molecule has 4 nitrogen and oxygen atoms in total. The number of aromatic nitrogens is 2. The lowest BCUT2D eigenvalue weighted by atomic mass is 10.2. The van der Waals surface area contributed by atoms with E-state index in [2.05, 4.69) is 21.5 Å². The SMILES string of the molecule is C=C/N=C(/OCc1ccccc1)c1nc[nH]c1C. The maximum absolute atomic E-state index is 5.69. The number of imidazole rings is 1. The zero-order valence-corrected chi connectivity index (χ0v) is 10.3.